The summed E-state index contributed by atoms with van der Waals surface area (Å²) in [6, 6.07) is 14.3. The van der Waals surface area contributed by atoms with Gasteiger partial charge in [-0.25, -0.2) is 9.59 Å². The summed E-state index contributed by atoms with van der Waals surface area (Å²) in [6.45, 7) is 4.83. The van der Waals surface area contributed by atoms with E-state index in [-0.39, 0.29) is 12.0 Å². The summed E-state index contributed by atoms with van der Waals surface area (Å²) in [5, 5.41) is 3.58. The second-order valence-electron chi connectivity index (χ2n) is 6.18. The van der Waals surface area contributed by atoms with E-state index in [1.807, 2.05) is 24.3 Å². The molecule has 27 heavy (non-hydrogen) atoms. The van der Waals surface area contributed by atoms with Crippen molar-refractivity contribution in [3.05, 3.63) is 59.1 Å². The predicted octanol–water partition coefficient (Wildman–Crippen LogP) is 3.87. The van der Waals surface area contributed by atoms with Crippen LogP contribution in [0.15, 0.2) is 48.5 Å². The van der Waals surface area contributed by atoms with Gasteiger partial charge in [-0.3, -0.25) is 0 Å². The maximum absolute atomic E-state index is 12.5. The molecule has 0 radical (unpaired) electrons. The third-order valence-electron chi connectivity index (χ3n) is 4.39. The van der Waals surface area contributed by atoms with Crippen molar-refractivity contribution >= 4 is 35.0 Å². The minimum Gasteiger partial charge on any atom is -0.462 e. The van der Waals surface area contributed by atoms with Crippen LogP contribution < -0.4 is 10.2 Å². The number of hydrogen-bond donors (Lipinski definition) is 1. The van der Waals surface area contributed by atoms with Crippen LogP contribution in [-0.2, 0) is 4.74 Å². The van der Waals surface area contributed by atoms with Gasteiger partial charge in [0, 0.05) is 42.6 Å². The zero-order chi connectivity index (χ0) is 19.2. The maximum atomic E-state index is 12.5. The number of carbonyl (C=O) groups excluding carboxylic acids is 2. The van der Waals surface area contributed by atoms with Crippen LogP contribution in [0.25, 0.3) is 0 Å². The molecule has 1 aliphatic rings. The third kappa shape index (κ3) is 4.92. The summed E-state index contributed by atoms with van der Waals surface area (Å²) >= 11 is 6.05. The lowest BCUT2D eigenvalue weighted by Gasteiger charge is -2.36. The first kappa shape index (κ1) is 19.0. The first-order valence-corrected chi connectivity index (χ1v) is 9.28. The largest absolute Gasteiger partial charge is 0.462 e. The predicted molar refractivity (Wildman–Crippen MR) is 107 cm³/mol. The number of halogens is 1. The van der Waals surface area contributed by atoms with Gasteiger partial charge in [0.2, 0.25) is 0 Å². The fraction of sp³-hybridized carbons (Fsp3) is 0.300. The van der Waals surface area contributed by atoms with E-state index in [0.29, 0.717) is 36.0 Å². The van der Waals surface area contributed by atoms with Gasteiger partial charge in [-0.15, -0.1) is 0 Å². The van der Waals surface area contributed by atoms with Gasteiger partial charge in [0.05, 0.1) is 12.2 Å². The number of nitrogens with one attached hydrogen (secondary N) is 1. The Hall–Kier alpha value is -2.73. The Morgan fingerprint density at radius 2 is 1.78 bits per heavy atom. The molecule has 0 unspecified atom stereocenters. The fourth-order valence-electron chi connectivity index (χ4n) is 2.95. The van der Waals surface area contributed by atoms with E-state index in [0.717, 1.165) is 18.8 Å². The molecule has 0 spiro atoms. The Bertz CT molecular complexity index is 802. The zero-order valence-corrected chi connectivity index (χ0v) is 15.9. The van der Waals surface area contributed by atoms with E-state index in [9.17, 15) is 9.59 Å². The van der Waals surface area contributed by atoms with Crippen molar-refractivity contribution in [3.8, 4) is 0 Å². The molecular formula is C20H22ClN3O3. The molecule has 1 heterocycles. The number of amides is 2. The Balaban J connectivity index is 1.53. The molecule has 0 aromatic heterocycles. The van der Waals surface area contributed by atoms with Crippen LogP contribution in [0, 0.1) is 0 Å². The highest BCUT2D eigenvalue weighted by atomic mass is 35.5. The molecule has 1 N–H and O–H groups in total. The molecule has 0 atom stereocenters. The molecule has 1 saturated heterocycles. The van der Waals surface area contributed by atoms with Gasteiger partial charge >= 0.3 is 12.0 Å². The number of hydrogen-bond acceptors (Lipinski definition) is 4. The molecule has 6 nitrogen and oxygen atoms in total. The van der Waals surface area contributed by atoms with E-state index in [2.05, 4.69) is 10.2 Å². The smallest absolute Gasteiger partial charge is 0.338 e. The summed E-state index contributed by atoms with van der Waals surface area (Å²) in [5.41, 5.74) is 2.17. The van der Waals surface area contributed by atoms with Gasteiger partial charge < -0.3 is 19.9 Å². The Morgan fingerprint density at radius 1 is 1.07 bits per heavy atom. The van der Waals surface area contributed by atoms with Gasteiger partial charge in [-0.05, 0) is 49.4 Å². The van der Waals surface area contributed by atoms with E-state index >= 15 is 0 Å². The number of piperazine rings is 1. The third-order valence-corrected chi connectivity index (χ3v) is 4.62. The molecule has 3 rings (SSSR count). The first-order chi connectivity index (χ1) is 13.1. The Kier molecular flexibility index (Phi) is 6.19. The molecule has 142 valence electrons. The number of anilines is 2. The van der Waals surface area contributed by atoms with Gasteiger partial charge in [0.15, 0.2) is 0 Å². The number of urea groups is 1. The summed E-state index contributed by atoms with van der Waals surface area (Å²) in [4.78, 5) is 28.1. The SMILES string of the molecule is CCOC(=O)c1ccc(NC(=O)N2CCN(c3cccc(Cl)c3)CC2)cc1. The van der Waals surface area contributed by atoms with E-state index in [4.69, 9.17) is 16.3 Å². The van der Waals surface area contributed by atoms with Crippen molar-refractivity contribution < 1.29 is 14.3 Å². The monoisotopic (exact) mass is 387 g/mol. The molecular weight excluding hydrogens is 366 g/mol. The maximum Gasteiger partial charge on any atom is 0.338 e. The van der Waals surface area contributed by atoms with Gasteiger partial charge in [-0.1, -0.05) is 17.7 Å². The van der Waals surface area contributed by atoms with Gasteiger partial charge in [0.25, 0.3) is 0 Å². The van der Waals surface area contributed by atoms with Crippen molar-refractivity contribution in [2.75, 3.05) is 43.0 Å². The van der Waals surface area contributed by atoms with E-state index < -0.39 is 0 Å². The summed E-state index contributed by atoms with van der Waals surface area (Å²) in [5.74, 6) is -0.368. The molecule has 1 fully saturated rings. The van der Waals surface area contributed by atoms with Crippen molar-refractivity contribution in [1.82, 2.24) is 4.90 Å². The van der Waals surface area contributed by atoms with Crippen LogP contribution >= 0.6 is 11.6 Å². The lowest BCUT2D eigenvalue weighted by molar-refractivity contribution is 0.0526. The highest BCUT2D eigenvalue weighted by molar-refractivity contribution is 6.30. The molecule has 0 aliphatic carbocycles. The summed E-state index contributed by atoms with van der Waals surface area (Å²) in [7, 11) is 0. The van der Waals surface area contributed by atoms with Crippen LogP contribution in [0.3, 0.4) is 0 Å². The van der Waals surface area contributed by atoms with Crippen molar-refractivity contribution in [2.45, 2.75) is 6.92 Å². The number of nitrogens with zero attached hydrogens (tertiary/aromatic N) is 2. The number of carbonyl (C=O) groups is 2. The van der Waals surface area contributed by atoms with Crippen molar-refractivity contribution in [1.29, 1.82) is 0 Å². The Morgan fingerprint density at radius 3 is 2.41 bits per heavy atom. The van der Waals surface area contributed by atoms with E-state index in [1.165, 1.54) is 0 Å². The topological polar surface area (TPSA) is 61.9 Å². The minimum absolute atomic E-state index is 0.148. The van der Waals surface area contributed by atoms with Crippen molar-refractivity contribution in [2.24, 2.45) is 0 Å². The Labute approximate surface area is 163 Å². The van der Waals surface area contributed by atoms with Crippen LogP contribution in [0.4, 0.5) is 16.2 Å². The molecule has 0 saturated carbocycles. The first-order valence-electron chi connectivity index (χ1n) is 8.90. The molecule has 2 aromatic carbocycles. The lowest BCUT2D eigenvalue weighted by Crippen LogP contribution is -2.50. The van der Waals surface area contributed by atoms with Gasteiger partial charge in [0.1, 0.15) is 0 Å². The average molecular weight is 388 g/mol. The highest BCUT2D eigenvalue weighted by Crippen LogP contribution is 2.21. The van der Waals surface area contributed by atoms with Crippen LogP contribution in [0.2, 0.25) is 5.02 Å². The molecule has 2 amide bonds. The average Bonchev–Trinajstić information content (AvgIpc) is 2.69. The van der Waals surface area contributed by atoms with Crippen LogP contribution in [0.5, 0.6) is 0 Å². The zero-order valence-electron chi connectivity index (χ0n) is 15.2. The summed E-state index contributed by atoms with van der Waals surface area (Å²) < 4.78 is 4.95. The second-order valence-corrected chi connectivity index (χ2v) is 6.62. The van der Waals surface area contributed by atoms with E-state index in [1.54, 1.807) is 36.1 Å². The number of benzene rings is 2. The minimum atomic E-state index is -0.368. The molecule has 7 heteroatoms. The fourth-order valence-corrected chi connectivity index (χ4v) is 3.13. The van der Waals surface area contributed by atoms with Crippen molar-refractivity contribution in [3.63, 3.8) is 0 Å². The second kappa shape index (κ2) is 8.77. The number of rotatable bonds is 4. The number of esters is 1. The molecule has 1 aliphatic heterocycles. The van der Waals surface area contributed by atoms with Gasteiger partial charge in [-0.2, -0.15) is 0 Å². The summed E-state index contributed by atoms with van der Waals surface area (Å²) in [6.07, 6.45) is 0. The normalized spacial score (nSPS) is 14.0. The van der Waals surface area contributed by atoms with Crippen LogP contribution in [-0.4, -0.2) is 49.7 Å². The lowest BCUT2D eigenvalue weighted by atomic mass is 10.2. The molecule has 2 aromatic rings. The molecule has 0 bridgehead atoms. The standard InChI is InChI=1S/C20H22ClN3O3/c1-2-27-19(25)15-6-8-17(9-7-15)22-20(26)24-12-10-23(11-13-24)18-5-3-4-16(21)14-18/h3-9,14H,2,10-13H2,1H3,(H,22,26). The van der Waals surface area contributed by atoms with Crippen LogP contribution in [0.1, 0.15) is 17.3 Å². The highest BCUT2D eigenvalue weighted by Gasteiger charge is 2.21. The number of ether oxygens (including phenoxy) is 1. The quantitative estimate of drug-likeness (QED) is 0.809.